The first-order valence-corrected chi connectivity index (χ1v) is 10.4. The van der Waals surface area contributed by atoms with E-state index in [0.717, 1.165) is 35.9 Å². The smallest absolute Gasteiger partial charge is 0.250 e. The van der Waals surface area contributed by atoms with E-state index in [9.17, 15) is 4.79 Å². The summed E-state index contributed by atoms with van der Waals surface area (Å²) in [6, 6.07) is 24.6. The SMILES string of the molecule is NC(=O)c1ccc(Oc2ccc(CNC3CCc4ccccc43)c3ccccc23)nc1. The van der Waals surface area contributed by atoms with Gasteiger partial charge in [0.15, 0.2) is 0 Å². The van der Waals surface area contributed by atoms with Gasteiger partial charge < -0.3 is 15.8 Å². The predicted octanol–water partition coefficient (Wildman–Crippen LogP) is 4.90. The molecule has 5 nitrogen and oxygen atoms in total. The molecule has 1 unspecified atom stereocenters. The number of nitrogens with zero attached hydrogens (tertiary/aromatic N) is 1. The number of carbonyl (C=O) groups excluding carboxylic acids is 1. The number of benzene rings is 3. The van der Waals surface area contributed by atoms with Crippen molar-refractivity contribution in [3.05, 3.63) is 101 Å². The summed E-state index contributed by atoms with van der Waals surface area (Å²) in [6.07, 6.45) is 3.69. The number of ether oxygens (including phenoxy) is 1. The van der Waals surface area contributed by atoms with Gasteiger partial charge in [0.25, 0.3) is 0 Å². The highest BCUT2D eigenvalue weighted by Crippen LogP contribution is 2.34. The summed E-state index contributed by atoms with van der Waals surface area (Å²) in [5, 5.41) is 5.90. The standard InChI is InChI=1S/C26H23N3O2/c27-26(30)19-11-14-25(29-16-19)31-24-13-10-18(20-6-3-4-8-22(20)24)15-28-23-12-9-17-5-1-2-7-21(17)23/h1-8,10-11,13-14,16,23,28H,9,12,15H2,(H2,27,30). The van der Waals surface area contributed by atoms with Gasteiger partial charge in [-0.25, -0.2) is 4.98 Å². The number of nitrogens with two attached hydrogens (primary N) is 1. The van der Waals surface area contributed by atoms with Crippen LogP contribution in [0.25, 0.3) is 10.8 Å². The molecule has 0 spiro atoms. The van der Waals surface area contributed by atoms with E-state index in [-0.39, 0.29) is 0 Å². The van der Waals surface area contributed by atoms with E-state index in [0.29, 0.717) is 17.5 Å². The second-order valence-corrected chi connectivity index (χ2v) is 7.79. The summed E-state index contributed by atoms with van der Waals surface area (Å²) in [6.45, 7) is 0.783. The molecule has 1 aliphatic rings. The molecular formula is C26H23N3O2. The molecule has 4 aromatic rings. The Balaban J connectivity index is 1.38. The number of pyridine rings is 1. The molecule has 1 amide bonds. The van der Waals surface area contributed by atoms with Gasteiger partial charge in [0, 0.05) is 30.2 Å². The van der Waals surface area contributed by atoms with Gasteiger partial charge in [0.2, 0.25) is 11.8 Å². The average Bonchev–Trinajstić information content (AvgIpc) is 3.22. The van der Waals surface area contributed by atoms with Crippen molar-refractivity contribution in [1.82, 2.24) is 10.3 Å². The number of nitrogens with one attached hydrogen (secondary N) is 1. The zero-order valence-corrected chi connectivity index (χ0v) is 17.0. The minimum absolute atomic E-state index is 0.354. The number of aryl methyl sites for hydroxylation is 1. The number of rotatable bonds is 6. The molecule has 5 heteroatoms. The van der Waals surface area contributed by atoms with Gasteiger partial charge in [-0.1, -0.05) is 54.6 Å². The summed E-state index contributed by atoms with van der Waals surface area (Å²) < 4.78 is 6.02. The number of aromatic nitrogens is 1. The van der Waals surface area contributed by atoms with Crippen molar-refractivity contribution >= 4 is 16.7 Å². The normalized spacial score (nSPS) is 15.0. The molecule has 3 N–H and O–H groups in total. The van der Waals surface area contributed by atoms with Gasteiger partial charge in [0.05, 0.1) is 5.56 Å². The van der Waals surface area contributed by atoms with E-state index < -0.39 is 5.91 Å². The summed E-state index contributed by atoms with van der Waals surface area (Å²) in [5.41, 5.74) is 9.72. The van der Waals surface area contributed by atoms with Gasteiger partial charge in [-0.15, -0.1) is 0 Å². The van der Waals surface area contributed by atoms with Crippen LogP contribution < -0.4 is 15.8 Å². The Morgan fingerprint density at radius 3 is 2.61 bits per heavy atom. The van der Waals surface area contributed by atoms with Gasteiger partial charge in [-0.2, -0.15) is 0 Å². The monoisotopic (exact) mass is 409 g/mol. The number of amides is 1. The third-order valence-corrected chi connectivity index (χ3v) is 5.88. The van der Waals surface area contributed by atoms with E-state index in [1.165, 1.54) is 22.9 Å². The Kier molecular flexibility index (Phi) is 5.10. The van der Waals surface area contributed by atoms with E-state index in [4.69, 9.17) is 10.5 Å². The Morgan fingerprint density at radius 1 is 1.00 bits per heavy atom. The Bertz CT molecular complexity index is 1250. The molecule has 5 rings (SSSR count). The maximum atomic E-state index is 11.2. The van der Waals surface area contributed by atoms with Crippen LogP contribution in [0.2, 0.25) is 0 Å². The molecule has 0 aliphatic heterocycles. The zero-order valence-electron chi connectivity index (χ0n) is 17.0. The molecule has 3 aromatic carbocycles. The molecule has 1 aromatic heterocycles. The van der Waals surface area contributed by atoms with Crippen molar-refractivity contribution in [2.45, 2.75) is 25.4 Å². The minimum atomic E-state index is -0.508. The lowest BCUT2D eigenvalue weighted by Crippen LogP contribution is -2.18. The fourth-order valence-corrected chi connectivity index (χ4v) is 4.28. The highest BCUT2D eigenvalue weighted by atomic mass is 16.5. The largest absolute Gasteiger partial charge is 0.438 e. The molecule has 31 heavy (non-hydrogen) atoms. The topological polar surface area (TPSA) is 77.2 Å². The first kappa shape index (κ1) is 19.3. The van der Waals surface area contributed by atoms with Crippen LogP contribution >= 0.6 is 0 Å². The minimum Gasteiger partial charge on any atom is -0.438 e. The summed E-state index contributed by atoms with van der Waals surface area (Å²) in [4.78, 5) is 15.4. The number of carbonyl (C=O) groups is 1. The number of hydrogen-bond donors (Lipinski definition) is 2. The number of fused-ring (bicyclic) bond motifs is 2. The van der Waals surface area contributed by atoms with Crippen LogP contribution in [0.4, 0.5) is 0 Å². The fourth-order valence-electron chi connectivity index (χ4n) is 4.28. The Labute approximate surface area is 180 Å². The second-order valence-electron chi connectivity index (χ2n) is 7.79. The van der Waals surface area contributed by atoms with Crippen molar-refractivity contribution in [2.24, 2.45) is 5.73 Å². The van der Waals surface area contributed by atoms with Crippen LogP contribution in [0, 0.1) is 0 Å². The fraction of sp³-hybridized carbons (Fsp3) is 0.154. The third-order valence-electron chi connectivity index (χ3n) is 5.88. The van der Waals surface area contributed by atoms with Gasteiger partial charge in [-0.3, -0.25) is 4.79 Å². The van der Waals surface area contributed by atoms with Crippen molar-refractivity contribution < 1.29 is 9.53 Å². The quantitative estimate of drug-likeness (QED) is 0.475. The van der Waals surface area contributed by atoms with E-state index in [1.807, 2.05) is 18.2 Å². The zero-order chi connectivity index (χ0) is 21.2. The lowest BCUT2D eigenvalue weighted by Gasteiger charge is -2.16. The average molecular weight is 409 g/mol. The molecule has 0 radical (unpaired) electrons. The van der Waals surface area contributed by atoms with Gasteiger partial charge in [-0.05, 0) is 47.1 Å². The molecule has 154 valence electrons. The first-order valence-electron chi connectivity index (χ1n) is 10.4. The van der Waals surface area contributed by atoms with Gasteiger partial charge in [0.1, 0.15) is 5.75 Å². The molecule has 0 saturated carbocycles. The van der Waals surface area contributed by atoms with Crippen molar-refractivity contribution in [3.63, 3.8) is 0 Å². The number of hydrogen-bond acceptors (Lipinski definition) is 4. The predicted molar refractivity (Wildman–Crippen MR) is 121 cm³/mol. The van der Waals surface area contributed by atoms with Crippen LogP contribution in [0.1, 0.15) is 39.5 Å². The second kappa shape index (κ2) is 8.20. The van der Waals surface area contributed by atoms with E-state index >= 15 is 0 Å². The first-order chi connectivity index (χ1) is 15.2. The maximum Gasteiger partial charge on any atom is 0.250 e. The molecule has 1 heterocycles. The van der Waals surface area contributed by atoms with Crippen molar-refractivity contribution in [1.29, 1.82) is 0 Å². The molecular weight excluding hydrogens is 386 g/mol. The van der Waals surface area contributed by atoms with Crippen LogP contribution in [0.5, 0.6) is 11.6 Å². The molecule has 0 bridgehead atoms. The van der Waals surface area contributed by atoms with Gasteiger partial charge >= 0.3 is 0 Å². The van der Waals surface area contributed by atoms with Crippen LogP contribution in [0.3, 0.4) is 0 Å². The van der Waals surface area contributed by atoms with E-state index in [1.54, 1.807) is 12.1 Å². The van der Waals surface area contributed by atoms with Crippen LogP contribution in [-0.2, 0) is 13.0 Å². The molecule has 0 saturated heterocycles. The summed E-state index contributed by atoms with van der Waals surface area (Å²) in [7, 11) is 0. The highest BCUT2D eigenvalue weighted by molar-refractivity contribution is 5.92. The highest BCUT2D eigenvalue weighted by Gasteiger charge is 2.21. The van der Waals surface area contributed by atoms with Crippen molar-refractivity contribution in [3.8, 4) is 11.6 Å². The van der Waals surface area contributed by atoms with E-state index in [2.05, 4.69) is 52.8 Å². The molecule has 1 atom stereocenters. The maximum absolute atomic E-state index is 11.2. The lowest BCUT2D eigenvalue weighted by molar-refractivity contribution is 0.1000. The van der Waals surface area contributed by atoms with Crippen LogP contribution in [0.15, 0.2) is 79.0 Å². The van der Waals surface area contributed by atoms with Crippen molar-refractivity contribution in [2.75, 3.05) is 0 Å². The Hall–Kier alpha value is -3.70. The molecule has 1 aliphatic carbocycles. The number of primary amides is 1. The molecule has 0 fully saturated rings. The third kappa shape index (κ3) is 3.88. The Morgan fingerprint density at radius 2 is 1.81 bits per heavy atom. The lowest BCUT2D eigenvalue weighted by atomic mass is 10.0. The summed E-state index contributed by atoms with van der Waals surface area (Å²) in [5.74, 6) is 0.639. The van der Waals surface area contributed by atoms with Crippen LogP contribution in [-0.4, -0.2) is 10.9 Å². The summed E-state index contributed by atoms with van der Waals surface area (Å²) >= 11 is 0.